The van der Waals surface area contributed by atoms with Gasteiger partial charge in [0.2, 0.25) is 0 Å². The highest BCUT2D eigenvalue weighted by Crippen LogP contribution is 2.46. The van der Waals surface area contributed by atoms with Crippen LogP contribution >= 0.6 is 0 Å². The van der Waals surface area contributed by atoms with Crippen molar-refractivity contribution in [2.45, 2.75) is 71.0 Å². The summed E-state index contributed by atoms with van der Waals surface area (Å²) in [6.07, 6.45) is 3.93. The summed E-state index contributed by atoms with van der Waals surface area (Å²) in [6.45, 7) is 13.6. The summed E-state index contributed by atoms with van der Waals surface area (Å²) < 4.78 is 21.1. The van der Waals surface area contributed by atoms with Gasteiger partial charge in [0.1, 0.15) is 11.6 Å². The number of benzene rings is 1. The fourth-order valence-corrected chi connectivity index (χ4v) is 9.42. The van der Waals surface area contributed by atoms with E-state index in [0.717, 1.165) is 24.2 Å². The topological polar surface area (TPSA) is 9.23 Å². The number of hydrogen-bond donors (Lipinski definition) is 0. The maximum absolute atomic E-state index is 14.4. The van der Waals surface area contributed by atoms with Crippen molar-refractivity contribution in [2.75, 3.05) is 0 Å². The van der Waals surface area contributed by atoms with Gasteiger partial charge in [0.05, 0.1) is 5.56 Å². The monoisotopic (exact) mass is 320 g/mol. The summed E-state index contributed by atoms with van der Waals surface area (Å²) in [5, 5.41) is 0. The molecular formula is C19H29FOSi. The Balaban J connectivity index is 2.47. The van der Waals surface area contributed by atoms with Crippen molar-refractivity contribution >= 4 is 14.1 Å². The number of rotatable bonds is 5. The second-order valence-corrected chi connectivity index (χ2v) is 12.7. The summed E-state index contributed by atoms with van der Waals surface area (Å²) >= 11 is 0. The van der Waals surface area contributed by atoms with Crippen LogP contribution in [0, 0.1) is 5.82 Å². The molecule has 122 valence electrons. The van der Waals surface area contributed by atoms with E-state index in [-0.39, 0.29) is 5.82 Å². The predicted molar refractivity (Wildman–Crippen MR) is 94.8 cm³/mol. The zero-order valence-electron chi connectivity index (χ0n) is 14.7. The van der Waals surface area contributed by atoms with E-state index in [2.05, 4.69) is 47.6 Å². The van der Waals surface area contributed by atoms with E-state index in [1.807, 2.05) is 6.07 Å². The first-order valence-corrected chi connectivity index (χ1v) is 10.6. The molecule has 0 atom stereocenters. The van der Waals surface area contributed by atoms with Crippen molar-refractivity contribution in [1.29, 1.82) is 0 Å². The number of aryl methyl sites for hydroxylation is 1. The first-order valence-electron chi connectivity index (χ1n) is 8.47. The highest BCUT2D eigenvalue weighted by Gasteiger charge is 2.47. The Morgan fingerprint density at radius 1 is 1.00 bits per heavy atom. The van der Waals surface area contributed by atoms with Gasteiger partial charge in [-0.05, 0) is 47.2 Å². The Labute approximate surface area is 135 Å². The van der Waals surface area contributed by atoms with E-state index in [1.54, 1.807) is 12.1 Å². The number of halogens is 1. The molecule has 3 heteroatoms. The first kappa shape index (κ1) is 17.3. The Morgan fingerprint density at radius 3 is 2.14 bits per heavy atom. The lowest BCUT2D eigenvalue weighted by Gasteiger charge is -2.43. The van der Waals surface area contributed by atoms with Crippen LogP contribution in [0.2, 0.25) is 16.6 Å². The molecule has 0 bridgehead atoms. The Bertz CT molecular complexity index is 539. The Morgan fingerprint density at radius 2 is 1.59 bits per heavy atom. The second-order valence-electron chi connectivity index (χ2n) is 7.30. The zero-order valence-corrected chi connectivity index (χ0v) is 15.7. The minimum absolute atomic E-state index is 0.150. The molecule has 0 aromatic heterocycles. The van der Waals surface area contributed by atoms with Crippen LogP contribution in [0.5, 0.6) is 0 Å². The molecule has 0 radical (unpaired) electrons. The average Bonchev–Trinajstić information content (AvgIpc) is 2.43. The second kappa shape index (κ2) is 6.57. The van der Waals surface area contributed by atoms with E-state index < -0.39 is 8.32 Å². The Kier molecular flexibility index (Phi) is 5.16. The van der Waals surface area contributed by atoms with Crippen LogP contribution in [0.15, 0.2) is 24.3 Å². The molecule has 2 rings (SSSR count). The van der Waals surface area contributed by atoms with Gasteiger partial charge in [0, 0.05) is 0 Å². The third kappa shape index (κ3) is 2.88. The van der Waals surface area contributed by atoms with E-state index in [4.69, 9.17) is 4.43 Å². The summed E-state index contributed by atoms with van der Waals surface area (Å²) in [7, 11) is -2.04. The minimum Gasteiger partial charge on any atom is -0.542 e. The van der Waals surface area contributed by atoms with Gasteiger partial charge in [0.25, 0.3) is 8.32 Å². The molecule has 0 saturated carbocycles. The lowest BCUT2D eigenvalue weighted by Crippen LogP contribution is -2.47. The zero-order chi connectivity index (χ0) is 16.5. The van der Waals surface area contributed by atoms with E-state index in [0.29, 0.717) is 22.2 Å². The highest BCUT2D eigenvalue weighted by atomic mass is 28.4. The fourth-order valence-electron chi connectivity index (χ4n) is 4.15. The van der Waals surface area contributed by atoms with Crippen LogP contribution in [-0.4, -0.2) is 8.32 Å². The smallest absolute Gasteiger partial charge is 0.258 e. The van der Waals surface area contributed by atoms with Gasteiger partial charge in [-0.3, -0.25) is 0 Å². The summed E-state index contributed by atoms with van der Waals surface area (Å²) in [6, 6.07) is 5.37. The van der Waals surface area contributed by atoms with Crippen LogP contribution in [0.25, 0.3) is 5.76 Å². The molecule has 0 fully saturated rings. The SMILES string of the molecule is CC(C)[Si](OC1=CCCc2cccc(F)c21)(C(C)C)C(C)C. The molecule has 22 heavy (non-hydrogen) atoms. The van der Waals surface area contributed by atoms with Crippen molar-refractivity contribution in [3.63, 3.8) is 0 Å². The third-order valence-electron chi connectivity index (χ3n) is 5.08. The van der Waals surface area contributed by atoms with Crippen molar-refractivity contribution in [2.24, 2.45) is 0 Å². The maximum Gasteiger partial charge on any atom is 0.258 e. The van der Waals surface area contributed by atoms with Gasteiger partial charge in [-0.15, -0.1) is 0 Å². The molecule has 0 spiro atoms. The van der Waals surface area contributed by atoms with E-state index in [1.165, 1.54) is 0 Å². The van der Waals surface area contributed by atoms with Crippen LogP contribution < -0.4 is 0 Å². The van der Waals surface area contributed by atoms with Crippen LogP contribution in [0.4, 0.5) is 4.39 Å². The van der Waals surface area contributed by atoms with Crippen molar-refractivity contribution in [3.05, 3.63) is 41.2 Å². The van der Waals surface area contributed by atoms with Gasteiger partial charge >= 0.3 is 0 Å². The number of fused-ring (bicyclic) bond motifs is 1. The molecule has 1 aliphatic carbocycles. The van der Waals surface area contributed by atoms with Crippen molar-refractivity contribution in [3.8, 4) is 0 Å². The molecule has 1 aromatic rings. The minimum atomic E-state index is -2.04. The number of hydrogen-bond acceptors (Lipinski definition) is 1. The van der Waals surface area contributed by atoms with Gasteiger partial charge < -0.3 is 4.43 Å². The normalized spacial score (nSPS) is 15.3. The van der Waals surface area contributed by atoms with Crippen LogP contribution in [0.1, 0.15) is 59.1 Å². The molecular weight excluding hydrogens is 291 g/mol. The van der Waals surface area contributed by atoms with Gasteiger partial charge in [0.15, 0.2) is 0 Å². The van der Waals surface area contributed by atoms with Crippen LogP contribution in [0.3, 0.4) is 0 Å². The van der Waals surface area contributed by atoms with Gasteiger partial charge in [-0.25, -0.2) is 4.39 Å². The molecule has 0 N–H and O–H groups in total. The Hall–Kier alpha value is -1.09. The van der Waals surface area contributed by atoms with Crippen molar-refractivity contribution in [1.82, 2.24) is 0 Å². The third-order valence-corrected chi connectivity index (χ3v) is 11.1. The molecule has 0 unspecified atom stereocenters. The van der Waals surface area contributed by atoms with Gasteiger partial charge in [-0.1, -0.05) is 53.7 Å². The van der Waals surface area contributed by atoms with E-state index >= 15 is 0 Å². The summed E-state index contributed by atoms with van der Waals surface area (Å²) in [5.74, 6) is 0.643. The van der Waals surface area contributed by atoms with Crippen LogP contribution in [-0.2, 0) is 10.8 Å². The van der Waals surface area contributed by atoms with Gasteiger partial charge in [-0.2, -0.15) is 0 Å². The lowest BCUT2D eigenvalue weighted by molar-refractivity contribution is 0.436. The largest absolute Gasteiger partial charge is 0.542 e. The molecule has 1 aromatic carbocycles. The molecule has 1 nitrogen and oxygen atoms in total. The standard InChI is InChI=1S/C19H29FOSi/c1-13(2)22(14(3)4,15(5)6)21-18-12-8-10-16-9-7-11-17(20)19(16)18/h7,9,11-15H,8,10H2,1-6H3. The quantitative estimate of drug-likeness (QED) is 0.578. The van der Waals surface area contributed by atoms with Crippen molar-refractivity contribution < 1.29 is 8.82 Å². The molecule has 0 amide bonds. The predicted octanol–water partition coefficient (Wildman–Crippen LogP) is 6.30. The highest BCUT2D eigenvalue weighted by molar-refractivity contribution is 6.78. The van der Waals surface area contributed by atoms with E-state index in [9.17, 15) is 4.39 Å². The number of allylic oxidation sites excluding steroid dienone is 1. The lowest BCUT2D eigenvalue weighted by atomic mass is 9.96. The summed E-state index contributed by atoms with van der Waals surface area (Å²) in [5.41, 5.74) is 3.26. The molecule has 0 saturated heterocycles. The average molecular weight is 321 g/mol. The molecule has 0 aliphatic heterocycles. The molecule has 1 aliphatic rings. The first-order chi connectivity index (χ1) is 10.3. The summed E-state index contributed by atoms with van der Waals surface area (Å²) in [4.78, 5) is 0. The fraction of sp³-hybridized carbons (Fsp3) is 0.579. The molecule has 0 heterocycles. The maximum atomic E-state index is 14.4.